The van der Waals surface area contributed by atoms with Gasteiger partial charge in [0.2, 0.25) is 0 Å². The third kappa shape index (κ3) is 2.21. The summed E-state index contributed by atoms with van der Waals surface area (Å²) in [6, 6.07) is 2.79. The highest BCUT2D eigenvalue weighted by molar-refractivity contribution is 5.85. The molecule has 0 unspecified atom stereocenters. The Balaban J connectivity index is 0.000000640. The molecular formula is C6H11ClN2. The van der Waals surface area contributed by atoms with E-state index >= 15 is 0 Å². The SMILES string of the molecule is C[C@@H]1C[C@@H](C#N)CN1.Cl. The summed E-state index contributed by atoms with van der Waals surface area (Å²) in [6.07, 6.45) is 1.02. The Morgan fingerprint density at radius 1 is 1.67 bits per heavy atom. The molecule has 0 aromatic rings. The summed E-state index contributed by atoms with van der Waals surface area (Å²) in [7, 11) is 0. The Bertz CT molecular complexity index is 119. The third-order valence-corrected chi connectivity index (χ3v) is 1.53. The van der Waals surface area contributed by atoms with Gasteiger partial charge >= 0.3 is 0 Å². The van der Waals surface area contributed by atoms with E-state index < -0.39 is 0 Å². The maximum atomic E-state index is 8.39. The van der Waals surface area contributed by atoms with Crippen molar-refractivity contribution in [2.24, 2.45) is 5.92 Å². The van der Waals surface area contributed by atoms with E-state index in [1.54, 1.807) is 0 Å². The van der Waals surface area contributed by atoms with Gasteiger partial charge in [-0.05, 0) is 13.3 Å². The number of nitriles is 1. The van der Waals surface area contributed by atoms with Crippen LogP contribution in [-0.4, -0.2) is 12.6 Å². The van der Waals surface area contributed by atoms with E-state index in [0.717, 1.165) is 13.0 Å². The minimum Gasteiger partial charge on any atom is -0.313 e. The van der Waals surface area contributed by atoms with Crippen LogP contribution in [0.3, 0.4) is 0 Å². The molecule has 0 amide bonds. The Labute approximate surface area is 61.7 Å². The molecular weight excluding hydrogens is 136 g/mol. The van der Waals surface area contributed by atoms with Crippen molar-refractivity contribution in [3.8, 4) is 6.07 Å². The minimum absolute atomic E-state index is 0. The molecule has 0 saturated carbocycles. The Hall–Kier alpha value is -0.260. The first-order chi connectivity index (χ1) is 3.83. The lowest BCUT2D eigenvalue weighted by atomic mass is 10.1. The van der Waals surface area contributed by atoms with Crippen molar-refractivity contribution in [3.63, 3.8) is 0 Å². The fourth-order valence-electron chi connectivity index (χ4n) is 1.04. The molecule has 2 atom stereocenters. The zero-order valence-electron chi connectivity index (χ0n) is 5.42. The van der Waals surface area contributed by atoms with Gasteiger partial charge in [0.25, 0.3) is 0 Å². The Kier molecular flexibility index (Phi) is 3.60. The van der Waals surface area contributed by atoms with Gasteiger partial charge in [-0.1, -0.05) is 0 Å². The van der Waals surface area contributed by atoms with Crippen molar-refractivity contribution in [1.82, 2.24) is 5.32 Å². The van der Waals surface area contributed by atoms with Crippen LogP contribution in [0.4, 0.5) is 0 Å². The second-order valence-corrected chi connectivity index (χ2v) is 2.37. The van der Waals surface area contributed by atoms with E-state index in [9.17, 15) is 0 Å². The molecule has 1 N–H and O–H groups in total. The van der Waals surface area contributed by atoms with Crippen molar-refractivity contribution in [2.45, 2.75) is 19.4 Å². The van der Waals surface area contributed by atoms with Gasteiger partial charge in [-0.2, -0.15) is 5.26 Å². The normalized spacial score (nSPS) is 32.9. The van der Waals surface area contributed by atoms with Gasteiger partial charge < -0.3 is 5.32 Å². The summed E-state index contributed by atoms with van der Waals surface area (Å²) in [5, 5.41) is 11.6. The molecule has 0 radical (unpaired) electrons. The van der Waals surface area contributed by atoms with Crippen LogP contribution in [0.15, 0.2) is 0 Å². The summed E-state index contributed by atoms with van der Waals surface area (Å²) in [6.45, 7) is 3.00. The summed E-state index contributed by atoms with van der Waals surface area (Å²) >= 11 is 0. The lowest BCUT2D eigenvalue weighted by Crippen LogP contribution is -2.16. The molecule has 1 rings (SSSR count). The average Bonchev–Trinajstić information content (AvgIpc) is 2.14. The number of hydrogen-bond acceptors (Lipinski definition) is 2. The molecule has 0 aliphatic carbocycles. The van der Waals surface area contributed by atoms with Crippen LogP contribution < -0.4 is 5.32 Å². The van der Waals surface area contributed by atoms with Crippen LogP contribution >= 0.6 is 12.4 Å². The number of nitrogens with one attached hydrogen (secondary N) is 1. The van der Waals surface area contributed by atoms with Crippen LogP contribution in [0, 0.1) is 17.2 Å². The van der Waals surface area contributed by atoms with Crippen molar-refractivity contribution < 1.29 is 0 Å². The summed E-state index contributed by atoms with van der Waals surface area (Å²) in [5.41, 5.74) is 0. The largest absolute Gasteiger partial charge is 0.313 e. The van der Waals surface area contributed by atoms with E-state index in [2.05, 4.69) is 18.3 Å². The van der Waals surface area contributed by atoms with E-state index in [0.29, 0.717) is 6.04 Å². The van der Waals surface area contributed by atoms with Crippen molar-refractivity contribution in [2.75, 3.05) is 6.54 Å². The topological polar surface area (TPSA) is 35.8 Å². The molecule has 0 aromatic carbocycles. The number of halogens is 1. The van der Waals surface area contributed by atoms with Crippen LogP contribution in [0.2, 0.25) is 0 Å². The fourth-order valence-corrected chi connectivity index (χ4v) is 1.04. The van der Waals surface area contributed by atoms with Crippen LogP contribution in [0.25, 0.3) is 0 Å². The van der Waals surface area contributed by atoms with Gasteiger partial charge in [0.05, 0.1) is 12.0 Å². The van der Waals surface area contributed by atoms with Gasteiger partial charge in [-0.3, -0.25) is 0 Å². The molecule has 52 valence electrons. The quantitative estimate of drug-likeness (QED) is 0.552. The molecule has 9 heavy (non-hydrogen) atoms. The number of nitrogens with zero attached hydrogens (tertiary/aromatic N) is 1. The zero-order valence-corrected chi connectivity index (χ0v) is 6.24. The lowest BCUT2D eigenvalue weighted by Gasteiger charge is -1.95. The minimum atomic E-state index is 0. The molecule has 3 heteroatoms. The van der Waals surface area contributed by atoms with Gasteiger partial charge in [0.1, 0.15) is 0 Å². The summed E-state index contributed by atoms with van der Waals surface area (Å²) in [4.78, 5) is 0. The lowest BCUT2D eigenvalue weighted by molar-refractivity contribution is 0.655. The van der Waals surface area contributed by atoms with E-state index in [4.69, 9.17) is 5.26 Å². The Morgan fingerprint density at radius 2 is 2.33 bits per heavy atom. The first kappa shape index (κ1) is 8.74. The van der Waals surface area contributed by atoms with E-state index in [-0.39, 0.29) is 18.3 Å². The van der Waals surface area contributed by atoms with Gasteiger partial charge in [0.15, 0.2) is 0 Å². The maximum Gasteiger partial charge on any atom is 0.0669 e. The van der Waals surface area contributed by atoms with Crippen molar-refractivity contribution in [1.29, 1.82) is 5.26 Å². The van der Waals surface area contributed by atoms with E-state index in [1.807, 2.05) is 0 Å². The maximum absolute atomic E-state index is 8.39. The molecule has 1 fully saturated rings. The molecule has 0 aromatic heterocycles. The Morgan fingerprint density at radius 3 is 2.56 bits per heavy atom. The van der Waals surface area contributed by atoms with Gasteiger partial charge in [-0.25, -0.2) is 0 Å². The highest BCUT2D eigenvalue weighted by Crippen LogP contribution is 2.10. The molecule has 0 spiro atoms. The third-order valence-electron chi connectivity index (χ3n) is 1.53. The molecule has 0 bridgehead atoms. The first-order valence-corrected chi connectivity index (χ1v) is 2.96. The summed E-state index contributed by atoms with van der Waals surface area (Å²) < 4.78 is 0. The molecule has 2 nitrogen and oxygen atoms in total. The van der Waals surface area contributed by atoms with Crippen molar-refractivity contribution in [3.05, 3.63) is 0 Å². The van der Waals surface area contributed by atoms with Gasteiger partial charge in [-0.15, -0.1) is 12.4 Å². The zero-order chi connectivity index (χ0) is 5.98. The van der Waals surface area contributed by atoms with E-state index in [1.165, 1.54) is 0 Å². The fraction of sp³-hybridized carbons (Fsp3) is 0.833. The first-order valence-electron chi connectivity index (χ1n) is 2.96. The van der Waals surface area contributed by atoms with Crippen LogP contribution in [-0.2, 0) is 0 Å². The smallest absolute Gasteiger partial charge is 0.0669 e. The second kappa shape index (κ2) is 3.71. The molecule has 1 saturated heterocycles. The second-order valence-electron chi connectivity index (χ2n) is 2.37. The highest BCUT2D eigenvalue weighted by Gasteiger charge is 2.18. The predicted octanol–water partition coefficient (Wildman–Crippen LogP) is 0.930. The van der Waals surface area contributed by atoms with Gasteiger partial charge in [0, 0.05) is 12.6 Å². The predicted molar refractivity (Wildman–Crippen MR) is 38.4 cm³/mol. The summed E-state index contributed by atoms with van der Waals surface area (Å²) in [5.74, 6) is 0.269. The molecule has 1 aliphatic heterocycles. The standard InChI is InChI=1S/C6H10N2.ClH/c1-5-2-6(3-7)4-8-5;/h5-6,8H,2,4H2,1H3;1H/t5-,6+;/m1./s1. The van der Waals surface area contributed by atoms with Crippen molar-refractivity contribution >= 4 is 12.4 Å². The monoisotopic (exact) mass is 146 g/mol. The average molecular weight is 147 g/mol. The highest BCUT2D eigenvalue weighted by atomic mass is 35.5. The molecule has 1 heterocycles. The number of rotatable bonds is 0. The molecule has 1 aliphatic rings. The van der Waals surface area contributed by atoms with Crippen LogP contribution in [0.5, 0.6) is 0 Å². The number of hydrogen-bond donors (Lipinski definition) is 1. The van der Waals surface area contributed by atoms with Crippen LogP contribution in [0.1, 0.15) is 13.3 Å².